The second-order valence-corrected chi connectivity index (χ2v) is 8.12. The average Bonchev–Trinajstić information content (AvgIpc) is 3.14. The number of benzene rings is 2. The zero-order valence-electron chi connectivity index (χ0n) is 17.2. The number of nitrogens with one attached hydrogen (secondary N) is 1. The SMILES string of the molecule is Cc1c(CCN2CCC(NCc3ccc(C#N)c(F)c3)CC2)ccc2c1COC2=O. The Morgan fingerprint density at radius 3 is 2.80 bits per heavy atom. The summed E-state index contributed by atoms with van der Waals surface area (Å²) in [6.07, 6.45) is 3.09. The minimum atomic E-state index is -0.454. The van der Waals surface area contributed by atoms with Crippen LogP contribution in [0.2, 0.25) is 0 Å². The molecular formula is C24H26FN3O2. The molecule has 0 atom stereocenters. The van der Waals surface area contributed by atoms with E-state index >= 15 is 0 Å². The van der Waals surface area contributed by atoms with E-state index in [9.17, 15) is 9.18 Å². The molecule has 2 aliphatic heterocycles. The van der Waals surface area contributed by atoms with Crippen LogP contribution in [0.3, 0.4) is 0 Å². The number of piperidine rings is 1. The van der Waals surface area contributed by atoms with Crippen molar-refractivity contribution >= 4 is 5.97 Å². The highest BCUT2D eigenvalue weighted by molar-refractivity contribution is 5.93. The van der Waals surface area contributed by atoms with E-state index in [4.69, 9.17) is 10.00 Å². The van der Waals surface area contributed by atoms with Crippen molar-refractivity contribution in [3.05, 3.63) is 69.5 Å². The van der Waals surface area contributed by atoms with Crippen LogP contribution in [0.5, 0.6) is 0 Å². The number of rotatable bonds is 6. The van der Waals surface area contributed by atoms with Gasteiger partial charge in [0.15, 0.2) is 0 Å². The zero-order valence-corrected chi connectivity index (χ0v) is 17.2. The van der Waals surface area contributed by atoms with Crippen molar-refractivity contribution in [2.45, 2.75) is 45.4 Å². The normalized spacial score (nSPS) is 16.9. The summed E-state index contributed by atoms with van der Waals surface area (Å²) < 4.78 is 18.9. The lowest BCUT2D eigenvalue weighted by Gasteiger charge is -2.32. The molecule has 2 aromatic rings. The van der Waals surface area contributed by atoms with Crippen LogP contribution in [0.25, 0.3) is 0 Å². The summed E-state index contributed by atoms with van der Waals surface area (Å²) in [4.78, 5) is 14.2. The fourth-order valence-corrected chi connectivity index (χ4v) is 4.33. The lowest BCUT2D eigenvalue weighted by Crippen LogP contribution is -2.42. The number of likely N-dealkylation sites (tertiary alicyclic amines) is 1. The molecular weight excluding hydrogens is 381 g/mol. The molecule has 1 fully saturated rings. The monoisotopic (exact) mass is 407 g/mol. The molecule has 30 heavy (non-hydrogen) atoms. The molecule has 0 saturated carbocycles. The Labute approximate surface area is 176 Å². The van der Waals surface area contributed by atoms with Crippen LogP contribution in [-0.2, 0) is 24.3 Å². The Bertz CT molecular complexity index is 991. The first kappa shape index (κ1) is 20.5. The summed E-state index contributed by atoms with van der Waals surface area (Å²) in [5.41, 5.74) is 5.18. The number of cyclic esters (lactones) is 1. The van der Waals surface area contributed by atoms with Crippen molar-refractivity contribution in [2.75, 3.05) is 19.6 Å². The van der Waals surface area contributed by atoms with Crippen molar-refractivity contribution in [3.8, 4) is 6.07 Å². The van der Waals surface area contributed by atoms with Gasteiger partial charge in [-0.1, -0.05) is 12.1 Å². The first-order valence-electron chi connectivity index (χ1n) is 10.5. The van der Waals surface area contributed by atoms with E-state index in [1.165, 1.54) is 23.3 Å². The number of halogens is 1. The smallest absolute Gasteiger partial charge is 0.338 e. The van der Waals surface area contributed by atoms with Gasteiger partial charge >= 0.3 is 5.97 Å². The maximum atomic E-state index is 13.7. The molecule has 156 valence electrons. The topological polar surface area (TPSA) is 65.4 Å². The van der Waals surface area contributed by atoms with E-state index in [2.05, 4.69) is 23.2 Å². The summed E-state index contributed by atoms with van der Waals surface area (Å²) >= 11 is 0. The molecule has 6 heteroatoms. The molecule has 0 bridgehead atoms. The number of nitriles is 1. The average molecular weight is 407 g/mol. The van der Waals surface area contributed by atoms with Gasteiger partial charge in [-0.05, 0) is 74.2 Å². The standard InChI is InChI=1S/C24H26FN3O2/c1-16-18(4-5-21-22(16)15-30-24(21)29)6-9-28-10-7-20(8-11-28)27-14-17-2-3-19(13-26)23(25)12-17/h2-5,12,20,27H,6-11,14-15H2,1H3. The van der Waals surface area contributed by atoms with Gasteiger partial charge in [-0.25, -0.2) is 9.18 Å². The molecule has 4 rings (SSSR count). The third kappa shape index (κ3) is 4.38. The maximum absolute atomic E-state index is 13.7. The zero-order chi connectivity index (χ0) is 21.1. The number of hydrogen-bond donors (Lipinski definition) is 1. The third-order valence-electron chi connectivity index (χ3n) is 6.31. The number of nitrogens with zero attached hydrogens (tertiary/aromatic N) is 2. The maximum Gasteiger partial charge on any atom is 0.338 e. The minimum Gasteiger partial charge on any atom is -0.457 e. The lowest BCUT2D eigenvalue weighted by molar-refractivity contribution is 0.0535. The highest BCUT2D eigenvalue weighted by Crippen LogP contribution is 2.26. The molecule has 2 heterocycles. The molecule has 2 aliphatic rings. The van der Waals surface area contributed by atoms with Gasteiger partial charge < -0.3 is 15.0 Å². The molecule has 5 nitrogen and oxygen atoms in total. The van der Waals surface area contributed by atoms with Crippen LogP contribution < -0.4 is 5.32 Å². The predicted molar refractivity (Wildman–Crippen MR) is 111 cm³/mol. The molecule has 0 radical (unpaired) electrons. The minimum absolute atomic E-state index is 0.0878. The molecule has 1 saturated heterocycles. The first-order chi connectivity index (χ1) is 14.5. The Morgan fingerprint density at radius 1 is 1.27 bits per heavy atom. The van der Waals surface area contributed by atoms with Crippen LogP contribution in [0.1, 0.15) is 51.0 Å². The fourth-order valence-electron chi connectivity index (χ4n) is 4.33. The first-order valence-corrected chi connectivity index (χ1v) is 10.5. The van der Waals surface area contributed by atoms with Crippen molar-refractivity contribution in [3.63, 3.8) is 0 Å². The molecule has 0 spiro atoms. The number of carbonyl (C=O) groups excluding carboxylic acids is 1. The van der Waals surface area contributed by atoms with Gasteiger partial charge in [0, 0.05) is 24.7 Å². The van der Waals surface area contributed by atoms with Crippen molar-refractivity contribution in [1.82, 2.24) is 10.2 Å². The Morgan fingerprint density at radius 2 is 2.07 bits per heavy atom. The largest absolute Gasteiger partial charge is 0.457 e. The Hall–Kier alpha value is -2.75. The number of carbonyl (C=O) groups is 1. The second kappa shape index (κ2) is 8.95. The van der Waals surface area contributed by atoms with Crippen molar-refractivity contribution in [2.24, 2.45) is 0 Å². The van der Waals surface area contributed by atoms with Gasteiger partial charge in [-0.15, -0.1) is 0 Å². The number of ether oxygens (including phenoxy) is 1. The number of fused-ring (bicyclic) bond motifs is 1. The van der Waals surface area contributed by atoms with Gasteiger partial charge in [-0.2, -0.15) is 5.26 Å². The molecule has 0 unspecified atom stereocenters. The summed E-state index contributed by atoms with van der Waals surface area (Å²) in [6.45, 7) is 6.16. The van der Waals surface area contributed by atoms with E-state index in [-0.39, 0.29) is 11.5 Å². The molecule has 1 N–H and O–H groups in total. The second-order valence-electron chi connectivity index (χ2n) is 8.12. The summed E-state index contributed by atoms with van der Waals surface area (Å²) in [6, 6.07) is 11.0. The predicted octanol–water partition coefficient (Wildman–Crippen LogP) is 3.47. The van der Waals surface area contributed by atoms with Crippen LogP contribution in [0, 0.1) is 24.1 Å². The van der Waals surface area contributed by atoms with Crippen LogP contribution in [-0.4, -0.2) is 36.5 Å². The Kier molecular flexibility index (Phi) is 6.12. The van der Waals surface area contributed by atoms with Gasteiger partial charge in [-0.3, -0.25) is 0 Å². The van der Waals surface area contributed by atoms with E-state index in [0.717, 1.165) is 50.0 Å². The fraction of sp³-hybridized carbons (Fsp3) is 0.417. The van der Waals surface area contributed by atoms with E-state index in [0.29, 0.717) is 24.8 Å². The molecule has 0 aromatic heterocycles. The van der Waals surface area contributed by atoms with E-state index in [1.54, 1.807) is 6.07 Å². The summed E-state index contributed by atoms with van der Waals surface area (Å²) in [5.74, 6) is -0.664. The lowest BCUT2D eigenvalue weighted by atomic mass is 9.96. The summed E-state index contributed by atoms with van der Waals surface area (Å²) in [7, 11) is 0. The van der Waals surface area contributed by atoms with Gasteiger partial charge in [0.25, 0.3) is 0 Å². The van der Waals surface area contributed by atoms with E-state index in [1.807, 2.05) is 12.1 Å². The van der Waals surface area contributed by atoms with Gasteiger partial charge in [0.05, 0.1) is 11.1 Å². The molecule has 0 amide bonds. The number of esters is 1. The van der Waals surface area contributed by atoms with Crippen LogP contribution in [0.15, 0.2) is 30.3 Å². The summed E-state index contributed by atoms with van der Waals surface area (Å²) in [5, 5.41) is 12.3. The third-order valence-corrected chi connectivity index (χ3v) is 6.31. The van der Waals surface area contributed by atoms with Gasteiger partial charge in [0.2, 0.25) is 0 Å². The quantitative estimate of drug-likeness (QED) is 0.743. The highest BCUT2D eigenvalue weighted by Gasteiger charge is 2.24. The highest BCUT2D eigenvalue weighted by atomic mass is 19.1. The number of hydrogen-bond acceptors (Lipinski definition) is 5. The van der Waals surface area contributed by atoms with Crippen molar-refractivity contribution in [1.29, 1.82) is 5.26 Å². The van der Waals surface area contributed by atoms with Gasteiger partial charge in [0.1, 0.15) is 18.5 Å². The van der Waals surface area contributed by atoms with Crippen LogP contribution in [0.4, 0.5) is 4.39 Å². The molecule has 0 aliphatic carbocycles. The van der Waals surface area contributed by atoms with Crippen molar-refractivity contribution < 1.29 is 13.9 Å². The van der Waals surface area contributed by atoms with E-state index < -0.39 is 5.82 Å². The van der Waals surface area contributed by atoms with Crippen LogP contribution >= 0.6 is 0 Å². The Balaban J connectivity index is 1.23. The molecule has 2 aromatic carbocycles.